The molecule has 0 amide bonds. The second-order valence-electron chi connectivity index (χ2n) is 6.07. The van der Waals surface area contributed by atoms with Crippen LogP contribution in [0.3, 0.4) is 0 Å². The van der Waals surface area contributed by atoms with Gasteiger partial charge in [0.25, 0.3) is 0 Å². The van der Waals surface area contributed by atoms with Gasteiger partial charge in [-0.1, -0.05) is 34.6 Å². The standard InChI is InChI=1S/C14H32N2S/c1-8-11(10-17-7)16(6)13(12(15)9-2)14(3,4)5/h11-13H,8-10,15H2,1-7H3. The SMILES string of the molecule is CCC(N)C(N(C)C(CC)CSC)C(C)(C)C. The van der Waals surface area contributed by atoms with Crippen molar-refractivity contribution in [2.75, 3.05) is 19.1 Å². The van der Waals surface area contributed by atoms with Gasteiger partial charge in [0.1, 0.15) is 0 Å². The van der Waals surface area contributed by atoms with Gasteiger partial charge < -0.3 is 5.73 Å². The van der Waals surface area contributed by atoms with E-state index in [0.717, 1.165) is 6.42 Å². The van der Waals surface area contributed by atoms with Gasteiger partial charge in [-0.25, -0.2) is 0 Å². The van der Waals surface area contributed by atoms with Crippen molar-refractivity contribution in [3.05, 3.63) is 0 Å². The Labute approximate surface area is 113 Å². The lowest BCUT2D eigenvalue weighted by Gasteiger charge is -2.45. The minimum absolute atomic E-state index is 0.232. The van der Waals surface area contributed by atoms with Crippen molar-refractivity contribution in [1.29, 1.82) is 0 Å². The molecular formula is C14H32N2S. The van der Waals surface area contributed by atoms with Crippen molar-refractivity contribution < 1.29 is 0 Å². The first-order valence-corrected chi connectivity index (χ1v) is 8.15. The molecule has 3 unspecified atom stereocenters. The van der Waals surface area contributed by atoms with Crippen molar-refractivity contribution >= 4 is 11.8 Å². The van der Waals surface area contributed by atoms with Gasteiger partial charge in [0.2, 0.25) is 0 Å². The molecule has 104 valence electrons. The first-order chi connectivity index (χ1) is 7.79. The van der Waals surface area contributed by atoms with Crippen molar-refractivity contribution in [3.63, 3.8) is 0 Å². The lowest BCUT2D eigenvalue weighted by molar-refractivity contribution is 0.0693. The molecule has 0 saturated carbocycles. The van der Waals surface area contributed by atoms with E-state index in [0.29, 0.717) is 12.1 Å². The van der Waals surface area contributed by atoms with Crippen LogP contribution in [-0.2, 0) is 0 Å². The van der Waals surface area contributed by atoms with E-state index in [4.69, 9.17) is 5.73 Å². The van der Waals surface area contributed by atoms with Crippen molar-refractivity contribution in [2.45, 2.75) is 65.6 Å². The number of likely N-dealkylation sites (N-methyl/N-ethyl adjacent to an activating group) is 1. The van der Waals surface area contributed by atoms with E-state index >= 15 is 0 Å². The molecule has 0 aliphatic heterocycles. The molecule has 0 aliphatic carbocycles. The highest BCUT2D eigenvalue weighted by molar-refractivity contribution is 7.98. The number of thioether (sulfide) groups is 1. The Morgan fingerprint density at radius 3 is 2.00 bits per heavy atom. The molecule has 0 radical (unpaired) electrons. The van der Waals surface area contributed by atoms with Crippen molar-refractivity contribution in [1.82, 2.24) is 4.90 Å². The zero-order chi connectivity index (χ0) is 13.6. The first kappa shape index (κ1) is 17.3. The average molecular weight is 260 g/mol. The number of hydrogen-bond donors (Lipinski definition) is 1. The molecule has 3 atom stereocenters. The van der Waals surface area contributed by atoms with Crippen molar-refractivity contribution in [3.8, 4) is 0 Å². The van der Waals surface area contributed by atoms with Crippen LogP contribution in [0.1, 0.15) is 47.5 Å². The van der Waals surface area contributed by atoms with Crippen LogP contribution in [-0.4, -0.2) is 42.1 Å². The summed E-state index contributed by atoms with van der Waals surface area (Å²) in [6, 6.07) is 1.34. The highest BCUT2D eigenvalue weighted by Gasteiger charge is 2.35. The molecule has 2 N–H and O–H groups in total. The van der Waals surface area contributed by atoms with E-state index in [1.54, 1.807) is 0 Å². The van der Waals surface area contributed by atoms with E-state index in [-0.39, 0.29) is 11.5 Å². The van der Waals surface area contributed by atoms with E-state index in [1.165, 1.54) is 12.2 Å². The van der Waals surface area contributed by atoms with Crippen molar-refractivity contribution in [2.24, 2.45) is 11.1 Å². The molecule has 3 heteroatoms. The second-order valence-corrected chi connectivity index (χ2v) is 6.98. The highest BCUT2D eigenvalue weighted by atomic mass is 32.2. The van der Waals surface area contributed by atoms with Crippen LogP contribution in [0.2, 0.25) is 0 Å². The molecule has 0 saturated heterocycles. The fraction of sp³-hybridized carbons (Fsp3) is 1.00. The molecule has 17 heavy (non-hydrogen) atoms. The molecule has 0 aliphatic rings. The van der Waals surface area contributed by atoms with Gasteiger partial charge in [0.05, 0.1) is 0 Å². The molecule has 0 fully saturated rings. The van der Waals surface area contributed by atoms with Gasteiger partial charge in [-0.15, -0.1) is 0 Å². The molecule has 0 heterocycles. The number of hydrogen-bond acceptors (Lipinski definition) is 3. The zero-order valence-corrected chi connectivity index (χ0v) is 13.6. The Morgan fingerprint density at radius 1 is 1.18 bits per heavy atom. The summed E-state index contributed by atoms with van der Waals surface area (Å²) in [5, 5.41) is 0. The Hall–Kier alpha value is 0.270. The maximum absolute atomic E-state index is 6.34. The minimum atomic E-state index is 0.232. The van der Waals surface area contributed by atoms with Gasteiger partial charge in [-0.2, -0.15) is 11.8 Å². The summed E-state index contributed by atoms with van der Waals surface area (Å²) in [6.07, 6.45) is 4.42. The summed E-state index contributed by atoms with van der Waals surface area (Å²) in [5.74, 6) is 1.19. The van der Waals surface area contributed by atoms with E-state index < -0.39 is 0 Å². The van der Waals surface area contributed by atoms with Crippen LogP contribution in [0, 0.1) is 5.41 Å². The Morgan fingerprint density at radius 2 is 1.71 bits per heavy atom. The van der Waals surface area contributed by atoms with Crippen LogP contribution in [0.4, 0.5) is 0 Å². The third-order valence-corrected chi connectivity index (χ3v) is 4.33. The predicted molar refractivity (Wildman–Crippen MR) is 81.7 cm³/mol. The topological polar surface area (TPSA) is 29.3 Å². The number of nitrogens with two attached hydrogens (primary N) is 1. The van der Waals surface area contributed by atoms with E-state index in [2.05, 4.69) is 52.8 Å². The predicted octanol–water partition coefficient (Wildman–Crippen LogP) is 3.21. The lowest BCUT2D eigenvalue weighted by atomic mass is 9.80. The Balaban J connectivity index is 4.90. The molecule has 0 rings (SSSR count). The minimum Gasteiger partial charge on any atom is -0.326 e. The summed E-state index contributed by atoms with van der Waals surface area (Å²) >= 11 is 1.93. The van der Waals surface area contributed by atoms with Crippen LogP contribution >= 0.6 is 11.8 Å². The summed E-state index contributed by atoms with van der Waals surface area (Å²) in [6.45, 7) is 11.4. The second kappa shape index (κ2) is 7.65. The summed E-state index contributed by atoms with van der Waals surface area (Å²) < 4.78 is 0. The third-order valence-electron chi connectivity index (χ3n) is 3.61. The summed E-state index contributed by atoms with van der Waals surface area (Å²) in [7, 11) is 2.25. The number of rotatable bonds is 7. The molecule has 0 spiro atoms. The van der Waals surface area contributed by atoms with Gasteiger partial charge in [0.15, 0.2) is 0 Å². The quantitative estimate of drug-likeness (QED) is 0.762. The monoisotopic (exact) mass is 260 g/mol. The summed E-state index contributed by atoms with van der Waals surface area (Å²) in [4.78, 5) is 2.52. The maximum Gasteiger partial charge on any atom is 0.0295 e. The fourth-order valence-corrected chi connectivity index (χ4v) is 3.58. The van der Waals surface area contributed by atoms with Crippen LogP contribution in [0.15, 0.2) is 0 Å². The molecule has 0 aromatic rings. The smallest absolute Gasteiger partial charge is 0.0295 e. The zero-order valence-electron chi connectivity index (χ0n) is 12.8. The summed E-state index contributed by atoms with van der Waals surface area (Å²) in [5.41, 5.74) is 6.58. The molecule has 0 bridgehead atoms. The van der Waals surface area contributed by atoms with Gasteiger partial charge in [-0.05, 0) is 31.6 Å². The Kier molecular flexibility index (Phi) is 7.77. The average Bonchev–Trinajstić information content (AvgIpc) is 2.23. The molecule has 0 aromatic carbocycles. The molecule has 0 aromatic heterocycles. The first-order valence-electron chi connectivity index (χ1n) is 6.75. The fourth-order valence-electron chi connectivity index (χ4n) is 2.72. The lowest BCUT2D eigenvalue weighted by Crippen LogP contribution is -2.56. The Bertz CT molecular complexity index is 201. The maximum atomic E-state index is 6.34. The van der Waals surface area contributed by atoms with Gasteiger partial charge in [0, 0.05) is 23.9 Å². The van der Waals surface area contributed by atoms with Gasteiger partial charge >= 0.3 is 0 Å². The largest absolute Gasteiger partial charge is 0.326 e. The van der Waals surface area contributed by atoms with Crippen LogP contribution in [0.5, 0.6) is 0 Å². The van der Waals surface area contributed by atoms with E-state index in [1.807, 2.05) is 11.8 Å². The number of nitrogens with zero attached hydrogens (tertiary/aromatic N) is 1. The van der Waals surface area contributed by atoms with E-state index in [9.17, 15) is 0 Å². The normalized spacial score (nSPS) is 18.2. The highest BCUT2D eigenvalue weighted by Crippen LogP contribution is 2.29. The molecule has 2 nitrogen and oxygen atoms in total. The van der Waals surface area contributed by atoms with Crippen LogP contribution < -0.4 is 5.73 Å². The third kappa shape index (κ3) is 5.19. The van der Waals surface area contributed by atoms with Gasteiger partial charge in [-0.3, -0.25) is 4.90 Å². The van der Waals surface area contributed by atoms with Crippen LogP contribution in [0.25, 0.3) is 0 Å². The molecular weight excluding hydrogens is 228 g/mol.